The molecule has 0 aromatic heterocycles. The molecule has 1 heterocycles. The van der Waals surface area contributed by atoms with Gasteiger partial charge in [-0.05, 0) is 41.2 Å². The molecule has 0 saturated carbocycles. The lowest BCUT2D eigenvalue weighted by Gasteiger charge is -2.21. The topological polar surface area (TPSA) is 35.5 Å². The standard InChI is InChI=1S/C20H22O3/c1-12-10-14(20(2,3)4)11-16-17(19(21)23-18(12)16)13-6-8-15(22-5)9-7-13/h6-11,17H,1-5H3. The van der Waals surface area contributed by atoms with Gasteiger partial charge in [-0.1, -0.05) is 45.0 Å². The van der Waals surface area contributed by atoms with Crippen LogP contribution in [0.2, 0.25) is 0 Å². The lowest BCUT2D eigenvalue weighted by atomic mass is 9.82. The summed E-state index contributed by atoms with van der Waals surface area (Å²) in [5.41, 5.74) is 4.14. The lowest BCUT2D eigenvalue weighted by Crippen LogP contribution is -2.13. The third-order valence-corrected chi connectivity index (χ3v) is 4.37. The van der Waals surface area contributed by atoms with Gasteiger partial charge < -0.3 is 9.47 Å². The van der Waals surface area contributed by atoms with Crippen molar-refractivity contribution in [2.45, 2.75) is 39.0 Å². The molecule has 0 saturated heterocycles. The van der Waals surface area contributed by atoms with E-state index in [1.54, 1.807) is 7.11 Å². The molecule has 0 radical (unpaired) electrons. The summed E-state index contributed by atoms with van der Waals surface area (Å²) >= 11 is 0. The number of rotatable bonds is 2. The molecule has 2 aromatic carbocycles. The first-order valence-electron chi connectivity index (χ1n) is 7.82. The van der Waals surface area contributed by atoms with Gasteiger partial charge in [0.05, 0.1) is 7.11 Å². The lowest BCUT2D eigenvalue weighted by molar-refractivity contribution is -0.133. The van der Waals surface area contributed by atoms with Gasteiger partial charge in [-0.15, -0.1) is 0 Å². The maximum Gasteiger partial charge on any atom is 0.323 e. The van der Waals surface area contributed by atoms with Crippen molar-refractivity contribution in [1.29, 1.82) is 0 Å². The monoisotopic (exact) mass is 310 g/mol. The number of carbonyl (C=O) groups excluding carboxylic acids is 1. The van der Waals surface area contributed by atoms with E-state index in [1.165, 1.54) is 5.56 Å². The minimum atomic E-state index is -0.364. The number of aryl methyl sites for hydroxylation is 1. The Kier molecular flexibility index (Phi) is 3.67. The number of esters is 1. The second-order valence-corrected chi connectivity index (χ2v) is 7.09. The van der Waals surface area contributed by atoms with Gasteiger partial charge >= 0.3 is 5.97 Å². The number of benzene rings is 2. The Morgan fingerprint density at radius 2 is 1.74 bits per heavy atom. The van der Waals surface area contributed by atoms with Crippen molar-refractivity contribution >= 4 is 5.97 Å². The van der Waals surface area contributed by atoms with Crippen LogP contribution in [0.5, 0.6) is 11.5 Å². The molecule has 3 rings (SSSR count). The first-order chi connectivity index (χ1) is 10.8. The van der Waals surface area contributed by atoms with E-state index >= 15 is 0 Å². The summed E-state index contributed by atoms with van der Waals surface area (Å²) in [6.07, 6.45) is 0. The van der Waals surface area contributed by atoms with Crippen LogP contribution in [-0.2, 0) is 10.2 Å². The molecule has 0 amide bonds. The van der Waals surface area contributed by atoms with Crippen LogP contribution in [0.25, 0.3) is 0 Å². The van der Waals surface area contributed by atoms with E-state index in [0.29, 0.717) is 5.75 Å². The molecule has 0 aliphatic carbocycles. The van der Waals surface area contributed by atoms with E-state index in [1.807, 2.05) is 31.2 Å². The minimum absolute atomic E-state index is 0.0237. The van der Waals surface area contributed by atoms with Gasteiger partial charge in [0.15, 0.2) is 0 Å². The van der Waals surface area contributed by atoms with Gasteiger partial charge in [0.2, 0.25) is 0 Å². The van der Waals surface area contributed by atoms with Crippen LogP contribution >= 0.6 is 0 Å². The average Bonchev–Trinajstić information content (AvgIpc) is 2.83. The van der Waals surface area contributed by atoms with Crippen LogP contribution in [0.15, 0.2) is 36.4 Å². The van der Waals surface area contributed by atoms with Crippen molar-refractivity contribution in [3.05, 3.63) is 58.7 Å². The Morgan fingerprint density at radius 3 is 2.30 bits per heavy atom. The quantitative estimate of drug-likeness (QED) is 0.611. The van der Waals surface area contributed by atoms with Gasteiger partial charge in [0, 0.05) is 5.56 Å². The molecule has 120 valence electrons. The number of methoxy groups -OCH3 is 1. The SMILES string of the molecule is COc1ccc(C2C(=O)Oc3c(C)cc(C(C)(C)C)cc32)cc1. The van der Waals surface area contributed by atoms with Crippen LogP contribution in [0.1, 0.15) is 48.9 Å². The minimum Gasteiger partial charge on any atom is -0.497 e. The van der Waals surface area contributed by atoms with Crippen molar-refractivity contribution in [2.24, 2.45) is 0 Å². The third kappa shape index (κ3) is 2.72. The Balaban J connectivity index is 2.11. The van der Waals surface area contributed by atoms with Crippen LogP contribution in [-0.4, -0.2) is 13.1 Å². The molecule has 1 aliphatic heterocycles. The van der Waals surface area contributed by atoms with E-state index in [0.717, 1.165) is 22.4 Å². The maximum absolute atomic E-state index is 12.4. The molecule has 0 N–H and O–H groups in total. The molecule has 0 bridgehead atoms. The largest absolute Gasteiger partial charge is 0.497 e. The van der Waals surface area contributed by atoms with Crippen molar-refractivity contribution in [3.63, 3.8) is 0 Å². The van der Waals surface area contributed by atoms with Crippen molar-refractivity contribution in [1.82, 2.24) is 0 Å². The molecular weight excluding hydrogens is 288 g/mol. The zero-order valence-electron chi connectivity index (χ0n) is 14.3. The highest BCUT2D eigenvalue weighted by Crippen LogP contribution is 2.43. The van der Waals surface area contributed by atoms with Gasteiger partial charge in [-0.25, -0.2) is 0 Å². The molecule has 1 aliphatic rings. The summed E-state index contributed by atoms with van der Waals surface area (Å²) in [5, 5.41) is 0. The van der Waals surface area contributed by atoms with Gasteiger partial charge in [-0.2, -0.15) is 0 Å². The van der Waals surface area contributed by atoms with E-state index in [2.05, 4.69) is 32.9 Å². The van der Waals surface area contributed by atoms with E-state index in [4.69, 9.17) is 9.47 Å². The average molecular weight is 310 g/mol. The second-order valence-electron chi connectivity index (χ2n) is 7.09. The van der Waals surface area contributed by atoms with Gasteiger partial charge in [0.1, 0.15) is 17.4 Å². The van der Waals surface area contributed by atoms with Crippen LogP contribution in [0.4, 0.5) is 0 Å². The Morgan fingerprint density at radius 1 is 1.09 bits per heavy atom. The molecule has 1 atom stereocenters. The third-order valence-electron chi connectivity index (χ3n) is 4.37. The van der Waals surface area contributed by atoms with Crippen LogP contribution < -0.4 is 9.47 Å². The second kappa shape index (κ2) is 5.41. The number of fused-ring (bicyclic) bond motifs is 1. The summed E-state index contributed by atoms with van der Waals surface area (Å²) in [6.45, 7) is 8.52. The molecule has 0 spiro atoms. The predicted octanol–water partition coefficient (Wildman–Crippen LogP) is 4.35. The fourth-order valence-corrected chi connectivity index (χ4v) is 2.99. The summed E-state index contributed by atoms with van der Waals surface area (Å²) in [6, 6.07) is 11.8. The molecule has 3 heteroatoms. The van der Waals surface area contributed by atoms with E-state index in [-0.39, 0.29) is 17.3 Å². The fourth-order valence-electron chi connectivity index (χ4n) is 2.99. The number of carbonyl (C=O) groups is 1. The highest BCUT2D eigenvalue weighted by atomic mass is 16.5. The number of hydrogen-bond acceptors (Lipinski definition) is 3. The smallest absolute Gasteiger partial charge is 0.323 e. The Hall–Kier alpha value is -2.29. The van der Waals surface area contributed by atoms with Crippen LogP contribution in [0.3, 0.4) is 0 Å². The van der Waals surface area contributed by atoms with Crippen molar-refractivity contribution < 1.29 is 14.3 Å². The van der Waals surface area contributed by atoms with Gasteiger partial charge in [0.25, 0.3) is 0 Å². The van der Waals surface area contributed by atoms with E-state index in [9.17, 15) is 4.79 Å². The highest BCUT2D eigenvalue weighted by Gasteiger charge is 2.36. The highest BCUT2D eigenvalue weighted by molar-refractivity contribution is 5.90. The molecule has 0 fully saturated rings. The summed E-state index contributed by atoms with van der Waals surface area (Å²) in [7, 11) is 1.63. The molecule has 3 nitrogen and oxygen atoms in total. The zero-order valence-corrected chi connectivity index (χ0v) is 14.3. The zero-order chi connectivity index (χ0) is 16.8. The number of ether oxygens (including phenoxy) is 2. The molecular formula is C20H22O3. The Bertz CT molecular complexity index is 752. The van der Waals surface area contributed by atoms with Crippen molar-refractivity contribution in [3.8, 4) is 11.5 Å². The number of hydrogen-bond donors (Lipinski definition) is 0. The summed E-state index contributed by atoms with van der Waals surface area (Å²) < 4.78 is 10.8. The fraction of sp³-hybridized carbons (Fsp3) is 0.350. The van der Waals surface area contributed by atoms with E-state index < -0.39 is 0 Å². The molecule has 1 unspecified atom stereocenters. The van der Waals surface area contributed by atoms with Gasteiger partial charge in [-0.3, -0.25) is 4.79 Å². The first kappa shape index (κ1) is 15.6. The van der Waals surface area contributed by atoms with Crippen LogP contribution in [0, 0.1) is 6.92 Å². The normalized spacial score (nSPS) is 16.9. The predicted molar refractivity (Wildman–Crippen MR) is 90.4 cm³/mol. The molecule has 23 heavy (non-hydrogen) atoms. The molecule has 2 aromatic rings. The maximum atomic E-state index is 12.4. The summed E-state index contributed by atoms with van der Waals surface area (Å²) in [4.78, 5) is 12.4. The van der Waals surface area contributed by atoms with Crippen molar-refractivity contribution in [2.75, 3.05) is 7.11 Å². The summed E-state index contributed by atoms with van der Waals surface area (Å²) in [5.74, 6) is 0.917. The first-order valence-corrected chi connectivity index (χ1v) is 7.82. The Labute approximate surface area is 137 Å².